The van der Waals surface area contributed by atoms with Crippen molar-refractivity contribution in [2.75, 3.05) is 11.1 Å². The molecule has 0 spiro atoms. The second kappa shape index (κ2) is 8.73. The zero-order chi connectivity index (χ0) is 19.2. The average Bonchev–Trinajstić information content (AvgIpc) is 2.66. The van der Waals surface area contributed by atoms with Crippen LogP contribution in [0.2, 0.25) is 0 Å². The molecule has 0 fully saturated rings. The molecule has 3 rings (SSSR count). The minimum absolute atomic E-state index is 0.0192. The molecule has 2 aromatic rings. The summed E-state index contributed by atoms with van der Waals surface area (Å²) in [5, 5.41) is 14.7. The van der Waals surface area contributed by atoms with E-state index in [4.69, 9.17) is 5.11 Å². The highest BCUT2D eigenvalue weighted by molar-refractivity contribution is 8.00. The van der Waals surface area contributed by atoms with Gasteiger partial charge in [0.25, 0.3) is 5.91 Å². The van der Waals surface area contributed by atoms with Crippen molar-refractivity contribution in [2.45, 2.75) is 30.2 Å². The van der Waals surface area contributed by atoms with Crippen LogP contribution < -0.4 is 10.6 Å². The third-order valence-corrected chi connectivity index (χ3v) is 5.31. The monoisotopic (exact) mass is 384 g/mol. The summed E-state index contributed by atoms with van der Waals surface area (Å²) in [7, 11) is 0. The van der Waals surface area contributed by atoms with Crippen LogP contribution in [0.4, 0.5) is 5.69 Å². The van der Waals surface area contributed by atoms with Gasteiger partial charge in [-0.3, -0.25) is 14.4 Å². The molecule has 6 nitrogen and oxygen atoms in total. The molecular formula is C20H20N2O4S. The first-order valence-electron chi connectivity index (χ1n) is 8.64. The largest absolute Gasteiger partial charge is 0.481 e. The number of hydrogen-bond donors (Lipinski definition) is 3. The lowest BCUT2D eigenvalue weighted by atomic mass is 10.0. The number of carbonyl (C=O) groups is 3. The van der Waals surface area contributed by atoms with E-state index in [0.717, 1.165) is 10.5 Å². The second-order valence-corrected chi connectivity index (χ2v) is 7.36. The molecule has 0 aliphatic carbocycles. The van der Waals surface area contributed by atoms with Gasteiger partial charge in [0.2, 0.25) is 5.91 Å². The van der Waals surface area contributed by atoms with Gasteiger partial charge in [0.15, 0.2) is 0 Å². The minimum atomic E-state index is -0.893. The number of fused-ring (bicyclic) bond motifs is 1. The number of carbonyl (C=O) groups excluding carboxylic acids is 2. The first-order valence-corrected chi connectivity index (χ1v) is 9.63. The lowest BCUT2D eigenvalue weighted by Gasteiger charge is -2.20. The van der Waals surface area contributed by atoms with Crippen molar-refractivity contribution < 1.29 is 19.5 Å². The molecule has 0 aromatic heterocycles. The predicted octanol–water partition coefficient (Wildman–Crippen LogP) is 2.94. The van der Waals surface area contributed by atoms with E-state index in [0.29, 0.717) is 29.8 Å². The minimum Gasteiger partial charge on any atom is -0.481 e. The first-order chi connectivity index (χ1) is 13.0. The van der Waals surface area contributed by atoms with Gasteiger partial charge < -0.3 is 15.7 Å². The van der Waals surface area contributed by atoms with E-state index < -0.39 is 5.97 Å². The lowest BCUT2D eigenvalue weighted by Crippen LogP contribution is -2.37. The summed E-state index contributed by atoms with van der Waals surface area (Å²) < 4.78 is 0. The third kappa shape index (κ3) is 5.34. The Morgan fingerprint density at radius 2 is 1.96 bits per heavy atom. The fourth-order valence-corrected chi connectivity index (χ4v) is 3.70. The summed E-state index contributed by atoms with van der Waals surface area (Å²) in [6, 6.07) is 14.5. The van der Waals surface area contributed by atoms with Crippen molar-refractivity contribution in [3.05, 3.63) is 59.7 Å². The maximum Gasteiger partial charge on any atom is 0.303 e. The van der Waals surface area contributed by atoms with Gasteiger partial charge in [0.1, 0.15) is 0 Å². The van der Waals surface area contributed by atoms with Crippen LogP contribution in [-0.4, -0.2) is 34.7 Å². The number of hydrogen-bond acceptors (Lipinski definition) is 4. The molecule has 7 heteroatoms. The number of thioether (sulfide) groups is 1. The van der Waals surface area contributed by atoms with Crippen LogP contribution in [0.5, 0.6) is 0 Å². The first kappa shape index (κ1) is 19.0. The highest BCUT2D eigenvalue weighted by atomic mass is 32.2. The van der Waals surface area contributed by atoms with Crippen LogP contribution in [-0.2, 0) is 16.0 Å². The van der Waals surface area contributed by atoms with E-state index in [9.17, 15) is 14.4 Å². The summed E-state index contributed by atoms with van der Waals surface area (Å²) >= 11 is 1.44. The summed E-state index contributed by atoms with van der Waals surface area (Å²) in [5.74, 6) is -0.898. The van der Waals surface area contributed by atoms with Gasteiger partial charge >= 0.3 is 5.97 Å². The number of aliphatic carboxylic acids is 1. The van der Waals surface area contributed by atoms with E-state index in [1.807, 2.05) is 36.4 Å². The van der Waals surface area contributed by atoms with Gasteiger partial charge in [-0.25, -0.2) is 0 Å². The van der Waals surface area contributed by atoms with Crippen LogP contribution in [0.1, 0.15) is 28.8 Å². The fourth-order valence-electron chi connectivity index (χ4n) is 2.91. The second-order valence-electron chi connectivity index (χ2n) is 6.34. The number of carboxylic acid groups (broad SMARTS) is 1. The normalized spacial score (nSPS) is 14.0. The molecule has 0 radical (unpaired) electrons. The van der Waals surface area contributed by atoms with Crippen LogP contribution in [0, 0.1) is 0 Å². The molecule has 140 valence electrons. The molecule has 1 heterocycles. The molecule has 27 heavy (non-hydrogen) atoms. The zero-order valence-corrected chi connectivity index (χ0v) is 15.4. The Morgan fingerprint density at radius 3 is 2.70 bits per heavy atom. The number of rotatable bonds is 7. The van der Waals surface area contributed by atoms with Crippen LogP contribution in [0.15, 0.2) is 53.4 Å². The molecular weight excluding hydrogens is 364 g/mol. The number of nitrogens with one attached hydrogen (secondary N) is 2. The smallest absolute Gasteiger partial charge is 0.303 e. The van der Waals surface area contributed by atoms with Crippen LogP contribution in [0.3, 0.4) is 0 Å². The highest BCUT2D eigenvalue weighted by Crippen LogP contribution is 2.32. The van der Waals surface area contributed by atoms with Gasteiger partial charge in [0.05, 0.1) is 11.4 Å². The molecule has 2 amide bonds. The molecule has 2 aromatic carbocycles. The summed E-state index contributed by atoms with van der Waals surface area (Å²) in [5.41, 5.74) is 2.10. The molecule has 1 unspecified atom stereocenters. The Morgan fingerprint density at radius 1 is 1.19 bits per heavy atom. The Hall–Kier alpha value is -2.80. The standard InChI is InChI=1S/C20H20N2O4S/c23-18-12-27-17-8-6-14(11-16(17)22-18)20(26)21-15(7-9-19(24)25)10-13-4-2-1-3-5-13/h1-6,8,11,15H,7,9-10,12H2,(H,21,26)(H,22,23)(H,24,25). The average molecular weight is 384 g/mol. The van der Waals surface area contributed by atoms with Gasteiger partial charge in [-0.1, -0.05) is 30.3 Å². The van der Waals surface area contributed by atoms with Crippen LogP contribution >= 0.6 is 11.8 Å². The van der Waals surface area contributed by atoms with Crippen molar-refractivity contribution in [2.24, 2.45) is 0 Å². The third-order valence-electron chi connectivity index (χ3n) is 4.24. The Labute approximate surface area is 161 Å². The predicted molar refractivity (Wildman–Crippen MR) is 104 cm³/mol. The van der Waals surface area contributed by atoms with E-state index >= 15 is 0 Å². The summed E-state index contributed by atoms with van der Waals surface area (Å²) in [6.45, 7) is 0. The lowest BCUT2D eigenvalue weighted by molar-refractivity contribution is -0.137. The maximum absolute atomic E-state index is 12.7. The van der Waals surface area contributed by atoms with Crippen molar-refractivity contribution in [3.8, 4) is 0 Å². The molecule has 0 saturated carbocycles. The van der Waals surface area contributed by atoms with Crippen molar-refractivity contribution in [1.82, 2.24) is 5.32 Å². The number of benzene rings is 2. The van der Waals surface area contributed by atoms with E-state index in [1.165, 1.54) is 11.8 Å². The molecule has 1 aliphatic heterocycles. The number of carboxylic acids is 1. The molecule has 3 N–H and O–H groups in total. The highest BCUT2D eigenvalue weighted by Gasteiger charge is 2.19. The molecule has 1 aliphatic rings. The summed E-state index contributed by atoms with van der Waals surface area (Å²) in [4.78, 5) is 36.1. The Balaban J connectivity index is 1.72. The molecule has 0 bridgehead atoms. The van der Waals surface area contributed by atoms with Crippen LogP contribution in [0.25, 0.3) is 0 Å². The van der Waals surface area contributed by atoms with E-state index in [2.05, 4.69) is 10.6 Å². The van der Waals surface area contributed by atoms with E-state index in [1.54, 1.807) is 12.1 Å². The van der Waals surface area contributed by atoms with Crippen molar-refractivity contribution in [1.29, 1.82) is 0 Å². The molecule has 1 atom stereocenters. The number of anilines is 1. The maximum atomic E-state index is 12.7. The fraction of sp³-hybridized carbons (Fsp3) is 0.250. The van der Waals surface area contributed by atoms with Gasteiger partial charge in [-0.2, -0.15) is 0 Å². The Kier molecular flexibility index (Phi) is 6.13. The number of amides is 2. The van der Waals surface area contributed by atoms with Crippen molar-refractivity contribution in [3.63, 3.8) is 0 Å². The summed E-state index contributed by atoms with van der Waals surface area (Å²) in [6.07, 6.45) is 0.875. The molecule has 0 saturated heterocycles. The van der Waals surface area contributed by atoms with Gasteiger partial charge in [-0.15, -0.1) is 11.8 Å². The van der Waals surface area contributed by atoms with Gasteiger partial charge in [0, 0.05) is 22.9 Å². The van der Waals surface area contributed by atoms with Crippen molar-refractivity contribution >= 4 is 35.2 Å². The Bertz CT molecular complexity index is 854. The SMILES string of the molecule is O=C(O)CCC(Cc1ccccc1)NC(=O)c1ccc2c(c1)NC(=O)CS2. The quantitative estimate of drug-likeness (QED) is 0.682. The van der Waals surface area contributed by atoms with E-state index in [-0.39, 0.29) is 24.3 Å². The van der Waals surface area contributed by atoms with Gasteiger partial charge in [-0.05, 0) is 36.6 Å². The topological polar surface area (TPSA) is 95.5 Å². The zero-order valence-electron chi connectivity index (χ0n) is 14.6.